The number of rotatable bonds is 0. The number of hydrogen-bond donors (Lipinski definition) is 0. The fourth-order valence-corrected chi connectivity index (χ4v) is 1.53. The van der Waals surface area contributed by atoms with Crippen LogP contribution >= 0.6 is 27.5 Å². The first-order chi connectivity index (χ1) is 5.27. The molecule has 0 saturated heterocycles. The second-order valence-corrected chi connectivity index (χ2v) is 3.05. The van der Waals surface area contributed by atoms with Gasteiger partial charge >= 0.3 is 0 Å². The van der Waals surface area contributed by atoms with Crippen molar-refractivity contribution in [3.8, 4) is 0 Å². The van der Waals surface area contributed by atoms with Gasteiger partial charge in [-0.3, -0.25) is 0 Å². The third-order valence-electron chi connectivity index (χ3n) is 1.25. The van der Waals surface area contributed by atoms with Crippen LogP contribution in [0, 0.1) is 0 Å². The lowest BCUT2D eigenvalue weighted by atomic mass is 10.3. The second kappa shape index (κ2) is 2.49. The van der Waals surface area contributed by atoms with Gasteiger partial charge < -0.3 is 0 Å². The van der Waals surface area contributed by atoms with Gasteiger partial charge in [0.1, 0.15) is 12.1 Å². The summed E-state index contributed by atoms with van der Waals surface area (Å²) in [5.74, 6) is 0.548. The Labute approximate surface area is 75.9 Å². The topological polar surface area (TPSA) is 49.4 Å². The van der Waals surface area contributed by atoms with Crippen molar-refractivity contribution in [3.63, 3.8) is 0 Å². The van der Waals surface area contributed by atoms with Gasteiger partial charge in [0, 0.05) is 0 Å². The van der Waals surface area contributed by atoms with E-state index in [-0.39, 0.29) is 0 Å². The minimum Gasteiger partial charge on any atom is -0.234 e. The first-order valence-corrected chi connectivity index (χ1v) is 4.07. The Kier molecular flexibility index (Phi) is 1.61. The van der Waals surface area contributed by atoms with E-state index in [0.29, 0.717) is 16.3 Å². The van der Waals surface area contributed by atoms with Crippen molar-refractivity contribution >= 4 is 50.2 Å². The Morgan fingerprint density at radius 1 is 1.55 bits per heavy atom. The highest BCUT2D eigenvalue weighted by molar-refractivity contribution is 9.18. The lowest BCUT2D eigenvalue weighted by Crippen LogP contribution is -2.24. The average molecular weight is 233 g/mol. The van der Waals surface area contributed by atoms with E-state index in [9.17, 15) is 0 Å². The maximum absolute atomic E-state index is 5.80. The zero-order valence-corrected chi connectivity index (χ0v) is 7.54. The molecule has 4 nitrogen and oxygen atoms in total. The Bertz CT molecular complexity index is 316. The molecule has 0 aromatic heterocycles. The zero-order valence-electron chi connectivity index (χ0n) is 5.20. The molecule has 2 heterocycles. The van der Waals surface area contributed by atoms with Crippen LogP contribution in [0.3, 0.4) is 0 Å². The standard InChI is InChI=1S/C5H2BrClN4/c6-5-10-3(7)2-4(11-5)9-1-8-2/h1,3H. The van der Waals surface area contributed by atoms with Gasteiger partial charge in [-0.15, -0.1) is 0 Å². The number of aliphatic imine (C=N–C) groups is 4. The van der Waals surface area contributed by atoms with Crippen LogP contribution in [0.1, 0.15) is 0 Å². The summed E-state index contributed by atoms with van der Waals surface area (Å²) in [4.78, 5) is 15.7. The molecule has 0 bridgehead atoms. The number of amidine groups is 2. The molecule has 0 fully saturated rings. The summed E-state index contributed by atoms with van der Waals surface area (Å²) in [7, 11) is 0. The summed E-state index contributed by atoms with van der Waals surface area (Å²) < 4.78 is 0.463. The molecule has 56 valence electrons. The summed E-state index contributed by atoms with van der Waals surface area (Å²) in [6.07, 6.45) is 1.42. The van der Waals surface area contributed by atoms with Crippen LogP contribution in [0.4, 0.5) is 0 Å². The Morgan fingerprint density at radius 2 is 2.36 bits per heavy atom. The molecule has 0 amide bonds. The summed E-state index contributed by atoms with van der Waals surface area (Å²) in [6.45, 7) is 0. The summed E-state index contributed by atoms with van der Waals surface area (Å²) in [5, 5.41) is 0. The van der Waals surface area contributed by atoms with Gasteiger partial charge in [0.05, 0.1) is 0 Å². The number of fused-ring (bicyclic) bond motifs is 1. The fraction of sp³-hybridized carbons (Fsp3) is 0.200. The molecule has 0 spiro atoms. The first kappa shape index (κ1) is 7.12. The molecule has 2 aliphatic rings. The van der Waals surface area contributed by atoms with Crippen LogP contribution < -0.4 is 0 Å². The normalized spacial score (nSPS) is 27.5. The van der Waals surface area contributed by atoms with Crippen molar-refractivity contribution < 1.29 is 0 Å². The fourth-order valence-electron chi connectivity index (χ4n) is 0.795. The molecule has 11 heavy (non-hydrogen) atoms. The van der Waals surface area contributed by atoms with E-state index >= 15 is 0 Å². The van der Waals surface area contributed by atoms with Crippen molar-refractivity contribution in [1.29, 1.82) is 0 Å². The molecule has 1 unspecified atom stereocenters. The van der Waals surface area contributed by atoms with E-state index < -0.39 is 5.50 Å². The average Bonchev–Trinajstić information content (AvgIpc) is 2.34. The van der Waals surface area contributed by atoms with Crippen molar-refractivity contribution in [2.75, 3.05) is 0 Å². The Morgan fingerprint density at radius 3 is 3.18 bits per heavy atom. The molecule has 0 N–H and O–H groups in total. The number of alkyl halides is 1. The molecule has 0 aromatic carbocycles. The second-order valence-electron chi connectivity index (χ2n) is 1.93. The summed E-state index contributed by atoms with van der Waals surface area (Å²) in [6, 6.07) is 0. The van der Waals surface area contributed by atoms with E-state index in [1.54, 1.807) is 0 Å². The lowest BCUT2D eigenvalue weighted by Gasteiger charge is -2.08. The molecule has 6 heteroatoms. The summed E-state index contributed by atoms with van der Waals surface area (Å²) in [5.41, 5.74) is 0.161. The van der Waals surface area contributed by atoms with Gasteiger partial charge in [-0.2, -0.15) is 0 Å². The highest BCUT2D eigenvalue weighted by atomic mass is 79.9. The molecule has 2 aliphatic heterocycles. The van der Waals surface area contributed by atoms with Gasteiger partial charge in [0.15, 0.2) is 16.1 Å². The van der Waals surface area contributed by atoms with Crippen molar-refractivity contribution in [2.45, 2.75) is 5.50 Å². The maximum atomic E-state index is 5.80. The van der Waals surface area contributed by atoms with Crippen LogP contribution in [0.25, 0.3) is 0 Å². The smallest absolute Gasteiger partial charge is 0.195 e. The predicted molar refractivity (Wildman–Crippen MR) is 49.4 cm³/mol. The van der Waals surface area contributed by atoms with Crippen LogP contribution in [-0.4, -0.2) is 28.1 Å². The number of halogens is 2. The van der Waals surface area contributed by atoms with Crippen LogP contribution in [0.5, 0.6) is 0 Å². The van der Waals surface area contributed by atoms with Gasteiger partial charge in [0.2, 0.25) is 0 Å². The third-order valence-corrected chi connectivity index (χ3v) is 1.94. The van der Waals surface area contributed by atoms with Gasteiger partial charge in [0.25, 0.3) is 0 Å². The number of hydrogen-bond acceptors (Lipinski definition) is 4. The molecular formula is C5H2BrClN4. The highest BCUT2D eigenvalue weighted by Gasteiger charge is 2.24. The highest BCUT2D eigenvalue weighted by Crippen LogP contribution is 2.15. The van der Waals surface area contributed by atoms with E-state index in [1.807, 2.05) is 0 Å². The van der Waals surface area contributed by atoms with Gasteiger partial charge in [-0.25, -0.2) is 20.0 Å². The monoisotopic (exact) mass is 232 g/mol. The SMILES string of the molecule is ClC1N=C(Br)N=C2N=CN=C21. The quantitative estimate of drug-likeness (QED) is 0.446. The van der Waals surface area contributed by atoms with Crippen LogP contribution in [0.2, 0.25) is 0 Å². The van der Waals surface area contributed by atoms with E-state index in [1.165, 1.54) is 6.34 Å². The van der Waals surface area contributed by atoms with Gasteiger partial charge in [-0.05, 0) is 15.9 Å². The minimum absolute atomic E-state index is 0.459. The van der Waals surface area contributed by atoms with E-state index in [4.69, 9.17) is 11.6 Å². The molecule has 0 aliphatic carbocycles. The molecule has 2 rings (SSSR count). The van der Waals surface area contributed by atoms with E-state index in [2.05, 4.69) is 35.9 Å². The lowest BCUT2D eigenvalue weighted by molar-refractivity contribution is 1.19. The molecule has 0 saturated carbocycles. The van der Waals surface area contributed by atoms with Crippen molar-refractivity contribution in [1.82, 2.24) is 0 Å². The number of nitrogens with zero attached hydrogens (tertiary/aromatic N) is 4. The zero-order chi connectivity index (χ0) is 7.84. The summed E-state index contributed by atoms with van der Waals surface area (Å²) >= 11 is 8.92. The largest absolute Gasteiger partial charge is 0.234 e. The Balaban J connectivity index is 2.46. The maximum Gasteiger partial charge on any atom is 0.195 e. The third kappa shape index (κ3) is 1.14. The predicted octanol–water partition coefficient (Wildman–Crippen LogP) is 1.20. The van der Waals surface area contributed by atoms with E-state index in [0.717, 1.165) is 0 Å². The van der Waals surface area contributed by atoms with Crippen LogP contribution in [-0.2, 0) is 0 Å². The Hall–Kier alpha value is -0.550. The van der Waals surface area contributed by atoms with Gasteiger partial charge in [-0.1, -0.05) is 11.6 Å². The molecule has 0 aromatic rings. The van der Waals surface area contributed by atoms with Crippen LogP contribution in [0.15, 0.2) is 20.0 Å². The first-order valence-electron chi connectivity index (χ1n) is 2.84. The van der Waals surface area contributed by atoms with Crippen molar-refractivity contribution in [2.24, 2.45) is 20.0 Å². The minimum atomic E-state index is -0.459. The van der Waals surface area contributed by atoms with Crippen molar-refractivity contribution in [3.05, 3.63) is 0 Å². The molecule has 0 radical (unpaired) electrons. The molecule has 1 atom stereocenters. The molecular weight excluding hydrogens is 231 g/mol.